The standard InChI is InChI=1S/C11H20N4O/c1-2-15-8-4-5-9(15)11-13-10(16-14-11)6-3-7-12/h9H,2-8,12H2,1H3. The number of nitrogens with zero attached hydrogens (tertiary/aromatic N) is 3. The molecule has 5 nitrogen and oxygen atoms in total. The van der Waals surface area contributed by atoms with Gasteiger partial charge in [-0.05, 0) is 38.9 Å². The molecule has 0 saturated carbocycles. The van der Waals surface area contributed by atoms with Crippen LogP contribution in [0.15, 0.2) is 4.52 Å². The van der Waals surface area contributed by atoms with Gasteiger partial charge in [0.15, 0.2) is 5.82 Å². The molecule has 1 fully saturated rings. The Kier molecular flexibility index (Phi) is 3.90. The quantitative estimate of drug-likeness (QED) is 0.811. The molecule has 0 aromatic carbocycles. The van der Waals surface area contributed by atoms with Crippen molar-refractivity contribution in [1.29, 1.82) is 0 Å². The van der Waals surface area contributed by atoms with Gasteiger partial charge in [0.1, 0.15) is 0 Å². The number of nitrogens with two attached hydrogens (primary N) is 1. The molecule has 0 amide bonds. The SMILES string of the molecule is CCN1CCCC1c1noc(CCCN)n1. The Hall–Kier alpha value is -0.940. The number of hydrogen-bond acceptors (Lipinski definition) is 5. The first kappa shape index (κ1) is 11.5. The fourth-order valence-electron chi connectivity index (χ4n) is 2.26. The smallest absolute Gasteiger partial charge is 0.226 e. The maximum atomic E-state index is 5.45. The van der Waals surface area contributed by atoms with E-state index in [1.807, 2.05) is 0 Å². The summed E-state index contributed by atoms with van der Waals surface area (Å²) in [7, 11) is 0. The molecule has 1 atom stereocenters. The molecular weight excluding hydrogens is 204 g/mol. The number of aromatic nitrogens is 2. The summed E-state index contributed by atoms with van der Waals surface area (Å²) in [4.78, 5) is 6.85. The van der Waals surface area contributed by atoms with Crippen LogP contribution >= 0.6 is 0 Å². The summed E-state index contributed by atoms with van der Waals surface area (Å²) in [5.41, 5.74) is 5.45. The van der Waals surface area contributed by atoms with E-state index >= 15 is 0 Å². The van der Waals surface area contributed by atoms with E-state index in [1.54, 1.807) is 0 Å². The lowest BCUT2D eigenvalue weighted by Crippen LogP contribution is -2.23. The third-order valence-electron chi connectivity index (χ3n) is 3.15. The van der Waals surface area contributed by atoms with Crippen molar-refractivity contribution in [2.75, 3.05) is 19.6 Å². The molecule has 1 aliphatic heterocycles. The molecular formula is C11H20N4O. The summed E-state index contributed by atoms with van der Waals surface area (Å²) in [6, 6.07) is 0.361. The van der Waals surface area contributed by atoms with Crippen molar-refractivity contribution in [3.05, 3.63) is 11.7 Å². The van der Waals surface area contributed by atoms with E-state index in [0.29, 0.717) is 12.6 Å². The molecule has 1 unspecified atom stereocenters. The van der Waals surface area contributed by atoms with E-state index in [0.717, 1.165) is 44.1 Å². The molecule has 0 spiro atoms. The molecule has 2 heterocycles. The van der Waals surface area contributed by atoms with Crippen LogP contribution in [0.5, 0.6) is 0 Å². The lowest BCUT2D eigenvalue weighted by molar-refractivity contribution is 0.254. The molecule has 1 aliphatic rings. The zero-order chi connectivity index (χ0) is 11.4. The fourth-order valence-corrected chi connectivity index (χ4v) is 2.26. The van der Waals surface area contributed by atoms with Crippen molar-refractivity contribution >= 4 is 0 Å². The topological polar surface area (TPSA) is 68.2 Å². The lowest BCUT2D eigenvalue weighted by atomic mass is 10.2. The van der Waals surface area contributed by atoms with Crippen LogP contribution < -0.4 is 5.73 Å². The molecule has 0 aliphatic carbocycles. The second kappa shape index (κ2) is 5.41. The van der Waals surface area contributed by atoms with Crippen LogP contribution in [-0.2, 0) is 6.42 Å². The van der Waals surface area contributed by atoms with E-state index in [4.69, 9.17) is 10.3 Å². The molecule has 2 rings (SSSR count). The van der Waals surface area contributed by atoms with Gasteiger partial charge in [-0.1, -0.05) is 12.1 Å². The zero-order valence-electron chi connectivity index (χ0n) is 9.85. The molecule has 90 valence electrons. The average molecular weight is 224 g/mol. The van der Waals surface area contributed by atoms with Gasteiger partial charge in [-0.2, -0.15) is 4.98 Å². The minimum atomic E-state index is 0.361. The molecule has 2 N–H and O–H groups in total. The molecule has 5 heteroatoms. The largest absolute Gasteiger partial charge is 0.339 e. The fraction of sp³-hybridized carbons (Fsp3) is 0.818. The molecule has 16 heavy (non-hydrogen) atoms. The van der Waals surface area contributed by atoms with Crippen LogP contribution in [0.4, 0.5) is 0 Å². The van der Waals surface area contributed by atoms with Crippen LogP contribution in [0, 0.1) is 0 Å². The molecule has 0 radical (unpaired) electrons. The highest BCUT2D eigenvalue weighted by atomic mass is 16.5. The van der Waals surface area contributed by atoms with Crippen LogP contribution in [0.3, 0.4) is 0 Å². The van der Waals surface area contributed by atoms with E-state index in [9.17, 15) is 0 Å². The number of aryl methyl sites for hydroxylation is 1. The normalized spacial score (nSPS) is 21.8. The predicted molar refractivity (Wildman–Crippen MR) is 60.9 cm³/mol. The van der Waals surface area contributed by atoms with Crippen molar-refractivity contribution in [2.45, 2.75) is 38.6 Å². The van der Waals surface area contributed by atoms with Gasteiger partial charge in [0, 0.05) is 6.42 Å². The van der Waals surface area contributed by atoms with Crippen LogP contribution in [0.1, 0.15) is 43.9 Å². The summed E-state index contributed by atoms with van der Waals surface area (Å²) in [6.45, 7) is 5.04. The van der Waals surface area contributed by atoms with Gasteiger partial charge >= 0.3 is 0 Å². The molecule has 1 aromatic rings. The summed E-state index contributed by atoms with van der Waals surface area (Å²) >= 11 is 0. The lowest BCUT2D eigenvalue weighted by Gasteiger charge is -2.18. The van der Waals surface area contributed by atoms with E-state index in [-0.39, 0.29) is 0 Å². The highest BCUT2D eigenvalue weighted by Crippen LogP contribution is 2.29. The third kappa shape index (κ3) is 2.41. The Labute approximate surface area is 96.0 Å². The summed E-state index contributed by atoms with van der Waals surface area (Å²) in [5.74, 6) is 1.58. The Morgan fingerprint density at radius 1 is 1.56 bits per heavy atom. The van der Waals surface area contributed by atoms with E-state index in [2.05, 4.69) is 22.0 Å². The van der Waals surface area contributed by atoms with E-state index in [1.165, 1.54) is 6.42 Å². The highest BCUT2D eigenvalue weighted by molar-refractivity contribution is 4.98. The van der Waals surface area contributed by atoms with Gasteiger partial charge in [-0.15, -0.1) is 0 Å². The predicted octanol–water partition coefficient (Wildman–Crippen LogP) is 1.12. The van der Waals surface area contributed by atoms with Gasteiger partial charge in [0.2, 0.25) is 5.89 Å². The van der Waals surface area contributed by atoms with Gasteiger partial charge < -0.3 is 10.3 Å². The first-order chi connectivity index (χ1) is 7.85. The molecule has 1 saturated heterocycles. The van der Waals surface area contributed by atoms with Crippen LogP contribution in [-0.4, -0.2) is 34.7 Å². The van der Waals surface area contributed by atoms with Crippen LogP contribution in [0.25, 0.3) is 0 Å². The molecule has 0 bridgehead atoms. The minimum absolute atomic E-state index is 0.361. The maximum absolute atomic E-state index is 5.45. The second-order valence-corrected chi connectivity index (χ2v) is 4.23. The van der Waals surface area contributed by atoms with Crippen molar-refractivity contribution in [3.63, 3.8) is 0 Å². The zero-order valence-corrected chi connectivity index (χ0v) is 9.85. The van der Waals surface area contributed by atoms with Crippen LogP contribution in [0.2, 0.25) is 0 Å². The monoisotopic (exact) mass is 224 g/mol. The number of hydrogen-bond donors (Lipinski definition) is 1. The summed E-state index contributed by atoms with van der Waals surface area (Å²) < 4.78 is 5.23. The Balaban J connectivity index is 2.00. The first-order valence-electron chi connectivity index (χ1n) is 6.11. The van der Waals surface area contributed by atoms with Crippen molar-refractivity contribution < 1.29 is 4.52 Å². The van der Waals surface area contributed by atoms with Gasteiger partial charge in [0.25, 0.3) is 0 Å². The summed E-state index contributed by atoms with van der Waals surface area (Å²) in [6.07, 6.45) is 4.07. The maximum Gasteiger partial charge on any atom is 0.226 e. The van der Waals surface area contributed by atoms with Crippen molar-refractivity contribution in [1.82, 2.24) is 15.0 Å². The number of likely N-dealkylation sites (tertiary alicyclic amines) is 1. The molecule has 1 aromatic heterocycles. The first-order valence-corrected chi connectivity index (χ1v) is 6.11. The highest BCUT2D eigenvalue weighted by Gasteiger charge is 2.28. The van der Waals surface area contributed by atoms with Crippen molar-refractivity contribution in [3.8, 4) is 0 Å². The minimum Gasteiger partial charge on any atom is -0.339 e. The summed E-state index contributed by atoms with van der Waals surface area (Å²) in [5, 5.41) is 4.08. The Bertz CT molecular complexity index is 326. The Morgan fingerprint density at radius 3 is 3.19 bits per heavy atom. The van der Waals surface area contributed by atoms with Gasteiger partial charge in [0.05, 0.1) is 6.04 Å². The third-order valence-corrected chi connectivity index (χ3v) is 3.15. The average Bonchev–Trinajstić information content (AvgIpc) is 2.94. The Morgan fingerprint density at radius 2 is 2.44 bits per heavy atom. The van der Waals surface area contributed by atoms with Crippen molar-refractivity contribution in [2.24, 2.45) is 5.73 Å². The number of rotatable bonds is 5. The van der Waals surface area contributed by atoms with Gasteiger partial charge in [-0.3, -0.25) is 4.90 Å². The second-order valence-electron chi connectivity index (χ2n) is 4.23. The van der Waals surface area contributed by atoms with E-state index < -0.39 is 0 Å². The van der Waals surface area contributed by atoms with Gasteiger partial charge in [-0.25, -0.2) is 0 Å².